The first-order chi connectivity index (χ1) is 9.29. The van der Waals surface area contributed by atoms with E-state index in [9.17, 15) is 9.90 Å². The fourth-order valence-corrected chi connectivity index (χ4v) is 1.60. The minimum Gasteiger partial charge on any atom is -0.322 e. The van der Waals surface area contributed by atoms with Gasteiger partial charge in [0.05, 0.1) is 5.56 Å². The van der Waals surface area contributed by atoms with E-state index >= 15 is 0 Å². The second kappa shape index (κ2) is 6.47. The van der Waals surface area contributed by atoms with Crippen LogP contribution in [0.2, 0.25) is 0 Å². The lowest BCUT2D eigenvalue weighted by Crippen LogP contribution is -2.11. The molecule has 1 aromatic carbocycles. The third-order valence-electron chi connectivity index (χ3n) is 2.47. The summed E-state index contributed by atoms with van der Waals surface area (Å²) in [7, 11) is 0. The van der Waals surface area contributed by atoms with Gasteiger partial charge in [-0.2, -0.15) is 0 Å². The Morgan fingerprint density at radius 3 is 2.89 bits per heavy atom. The zero-order valence-corrected chi connectivity index (χ0v) is 10.2. The van der Waals surface area contributed by atoms with Crippen molar-refractivity contribution >= 4 is 17.7 Å². The molecule has 0 spiro atoms. The lowest BCUT2D eigenvalue weighted by atomic mass is 10.2. The van der Waals surface area contributed by atoms with Crippen LogP contribution in [0.3, 0.4) is 0 Å². The summed E-state index contributed by atoms with van der Waals surface area (Å²) in [5.41, 5.74) is 2.06. The molecule has 2 rings (SSSR count). The molecule has 0 unspecified atom stereocenters. The number of carbonyl (C=O) groups is 1. The quantitative estimate of drug-likeness (QED) is 0.910. The van der Waals surface area contributed by atoms with Crippen molar-refractivity contribution in [3.63, 3.8) is 0 Å². The molecule has 2 aromatic rings. The highest BCUT2D eigenvalue weighted by Crippen LogP contribution is 2.13. The Kier molecular flexibility index (Phi) is 4.42. The van der Waals surface area contributed by atoms with Gasteiger partial charge in [0.15, 0.2) is 0 Å². The van der Waals surface area contributed by atoms with Gasteiger partial charge >= 0.3 is 0 Å². The molecule has 0 atom stereocenters. The number of nitrogens with zero attached hydrogens (tertiary/aromatic N) is 1. The molecular formula is C15H13N2O2. The number of amides is 1. The third-order valence-corrected chi connectivity index (χ3v) is 2.47. The molecule has 1 radical (unpaired) electrons. The zero-order chi connectivity index (χ0) is 13.5. The van der Waals surface area contributed by atoms with E-state index in [2.05, 4.69) is 10.3 Å². The van der Waals surface area contributed by atoms with E-state index < -0.39 is 0 Å². The Balaban J connectivity index is 2.11. The van der Waals surface area contributed by atoms with Gasteiger partial charge in [-0.05, 0) is 29.8 Å². The Morgan fingerprint density at radius 1 is 1.26 bits per heavy atom. The molecule has 0 fully saturated rings. The number of hydrogen-bond donors (Lipinski definition) is 1. The normalized spacial score (nSPS) is 10.6. The minimum absolute atomic E-state index is 0.210. The van der Waals surface area contributed by atoms with E-state index in [4.69, 9.17) is 0 Å². The number of pyridine rings is 1. The van der Waals surface area contributed by atoms with Crippen LogP contribution in [-0.4, -0.2) is 17.5 Å². The maximum absolute atomic E-state index is 11.9. The van der Waals surface area contributed by atoms with Crippen LogP contribution < -0.4 is 5.32 Å². The number of nitrogens with one attached hydrogen (secondary N) is 1. The van der Waals surface area contributed by atoms with Crippen LogP contribution >= 0.6 is 0 Å². The maximum Gasteiger partial charge on any atom is 0.257 e. The van der Waals surface area contributed by atoms with Crippen LogP contribution in [0.1, 0.15) is 15.9 Å². The Labute approximate surface area is 111 Å². The fraction of sp³-hybridized carbons (Fsp3) is 0.0667. The van der Waals surface area contributed by atoms with Crippen LogP contribution in [0, 0.1) is 0 Å². The fourth-order valence-electron chi connectivity index (χ4n) is 1.60. The van der Waals surface area contributed by atoms with Gasteiger partial charge in [0.25, 0.3) is 5.91 Å². The molecular weight excluding hydrogens is 240 g/mol. The van der Waals surface area contributed by atoms with E-state index in [1.54, 1.807) is 36.5 Å². The number of rotatable bonds is 4. The van der Waals surface area contributed by atoms with Crippen LogP contribution in [0.25, 0.3) is 6.08 Å². The minimum atomic E-state index is -0.258. The molecule has 1 N–H and O–H groups in total. The standard InChI is InChI=1S/C15H13N2O2/c18-9-3-5-12-4-1-7-14(10-12)17-15(19)13-6-2-8-16-11-13/h1-8,10-11H,9H2,(H,17,19)/b5-3+. The molecule has 1 amide bonds. The summed E-state index contributed by atoms with van der Waals surface area (Å²) >= 11 is 0. The molecule has 0 aliphatic rings. The second-order valence-electron chi connectivity index (χ2n) is 3.89. The first kappa shape index (κ1) is 13.0. The van der Waals surface area contributed by atoms with Gasteiger partial charge in [-0.3, -0.25) is 9.78 Å². The number of anilines is 1. The number of benzene rings is 1. The van der Waals surface area contributed by atoms with Gasteiger partial charge in [0.2, 0.25) is 0 Å². The summed E-state index contributed by atoms with van der Waals surface area (Å²) in [5.74, 6) is -0.210. The Bertz CT molecular complexity index is 580. The molecule has 0 saturated heterocycles. The predicted octanol–water partition coefficient (Wildman–Crippen LogP) is 2.78. The van der Waals surface area contributed by atoms with Gasteiger partial charge in [-0.1, -0.05) is 24.3 Å². The van der Waals surface area contributed by atoms with E-state index in [1.807, 2.05) is 12.1 Å². The largest absolute Gasteiger partial charge is 0.322 e. The molecule has 0 bridgehead atoms. The molecule has 95 valence electrons. The highest BCUT2D eigenvalue weighted by molar-refractivity contribution is 6.04. The average Bonchev–Trinajstić information content (AvgIpc) is 2.46. The summed E-state index contributed by atoms with van der Waals surface area (Å²) in [5, 5.41) is 13.2. The maximum atomic E-state index is 11.9. The molecule has 19 heavy (non-hydrogen) atoms. The average molecular weight is 253 g/mol. The van der Waals surface area contributed by atoms with Gasteiger partial charge in [-0.15, -0.1) is 0 Å². The molecule has 0 saturated carbocycles. The van der Waals surface area contributed by atoms with Crippen molar-refractivity contribution in [1.82, 2.24) is 4.98 Å². The zero-order valence-electron chi connectivity index (χ0n) is 10.2. The lowest BCUT2D eigenvalue weighted by molar-refractivity contribution is 0.102. The van der Waals surface area contributed by atoms with Gasteiger partial charge in [-0.25, -0.2) is 5.11 Å². The van der Waals surface area contributed by atoms with Crippen LogP contribution in [0.4, 0.5) is 5.69 Å². The molecule has 4 heteroatoms. The smallest absolute Gasteiger partial charge is 0.257 e. The van der Waals surface area contributed by atoms with Crippen molar-refractivity contribution < 1.29 is 9.90 Å². The van der Waals surface area contributed by atoms with Gasteiger partial charge in [0.1, 0.15) is 6.61 Å². The third kappa shape index (κ3) is 3.76. The molecule has 1 aromatic heterocycles. The highest BCUT2D eigenvalue weighted by atomic mass is 16.2. The number of hydrogen-bond acceptors (Lipinski definition) is 2. The van der Waals surface area contributed by atoms with Crippen LogP contribution in [0.5, 0.6) is 0 Å². The first-order valence-corrected chi connectivity index (χ1v) is 5.85. The topological polar surface area (TPSA) is 61.9 Å². The van der Waals surface area contributed by atoms with E-state index in [-0.39, 0.29) is 12.5 Å². The predicted molar refractivity (Wildman–Crippen MR) is 73.2 cm³/mol. The first-order valence-electron chi connectivity index (χ1n) is 5.85. The van der Waals surface area contributed by atoms with Crippen molar-refractivity contribution in [3.05, 3.63) is 66.0 Å². The summed E-state index contributed by atoms with van der Waals surface area (Å²) in [6, 6.07) is 10.7. The van der Waals surface area contributed by atoms with Gasteiger partial charge < -0.3 is 5.32 Å². The van der Waals surface area contributed by atoms with Crippen LogP contribution in [0.15, 0.2) is 54.9 Å². The van der Waals surface area contributed by atoms with Crippen molar-refractivity contribution in [1.29, 1.82) is 0 Å². The molecule has 1 heterocycles. The van der Waals surface area contributed by atoms with Crippen molar-refractivity contribution in [2.45, 2.75) is 0 Å². The van der Waals surface area contributed by atoms with Crippen LogP contribution in [-0.2, 0) is 5.11 Å². The summed E-state index contributed by atoms with van der Waals surface area (Å²) in [6.45, 7) is -0.258. The highest BCUT2D eigenvalue weighted by Gasteiger charge is 2.05. The lowest BCUT2D eigenvalue weighted by Gasteiger charge is -2.05. The summed E-state index contributed by atoms with van der Waals surface area (Å²) in [6.07, 6.45) is 6.39. The molecule has 0 aliphatic carbocycles. The SMILES string of the molecule is [O]C/C=C/c1cccc(NC(=O)c2cccnc2)c1. The number of aromatic nitrogens is 1. The second-order valence-corrected chi connectivity index (χ2v) is 3.89. The van der Waals surface area contributed by atoms with Crippen molar-refractivity contribution in [2.24, 2.45) is 0 Å². The van der Waals surface area contributed by atoms with E-state index in [0.29, 0.717) is 11.3 Å². The number of carbonyl (C=O) groups excluding carboxylic acids is 1. The molecule has 0 aliphatic heterocycles. The molecule has 4 nitrogen and oxygen atoms in total. The Morgan fingerprint density at radius 2 is 2.16 bits per heavy atom. The summed E-state index contributed by atoms with van der Waals surface area (Å²) < 4.78 is 0. The summed E-state index contributed by atoms with van der Waals surface area (Å²) in [4.78, 5) is 15.8. The van der Waals surface area contributed by atoms with E-state index in [1.165, 1.54) is 12.3 Å². The van der Waals surface area contributed by atoms with Crippen molar-refractivity contribution in [3.8, 4) is 0 Å². The monoisotopic (exact) mass is 253 g/mol. The van der Waals surface area contributed by atoms with Crippen molar-refractivity contribution in [2.75, 3.05) is 11.9 Å². The van der Waals surface area contributed by atoms with E-state index in [0.717, 1.165) is 5.56 Å². The Hall–Kier alpha value is -2.46. The van der Waals surface area contributed by atoms with Gasteiger partial charge in [0, 0.05) is 18.1 Å².